The van der Waals surface area contributed by atoms with Crippen LogP contribution in [0, 0.1) is 11.8 Å². The molecule has 166 valence electrons. The van der Waals surface area contributed by atoms with Crippen LogP contribution >= 0.6 is 0 Å². The molecule has 30 heavy (non-hydrogen) atoms. The quantitative estimate of drug-likeness (QED) is 0.428. The first-order valence-corrected chi connectivity index (χ1v) is 12.0. The smallest absolute Gasteiger partial charge is 0.308 e. The van der Waals surface area contributed by atoms with Gasteiger partial charge >= 0.3 is 5.97 Å². The third kappa shape index (κ3) is 5.31. The molecule has 3 rings (SSSR count). The van der Waals surface area contributed by atoms with Gasteiger partial charge in [-0.1, -0.05) is 18.2 Å². The Balaban J connectivity index is 1.45. The van der Waals surface area contributed by atoms with Crippen LogP contribution in [0.15, 0.2) is 40.2 Å². The molecule has 2 heterocycles. The van der Waals surface area contributed by atoms with Gasteiger partial charge in [-0.15, -0.1) is 0 Å². The van der Waals surface area contributed by atoms with E-state index < -0.39 is 10.0 Å². The number of guanidine groups is 1. The van der Waals surface area contributed by atoms with Gasteiger partial charge < -0.3 is 15.0 Å². The van der Waals surface area contributed by atoms with E-state index in [1.165, 1.54) is 7.11 Å². The minimum Gasteiger partial charge on any atom is -0.469 e. The van der Waals surface area contributed by atoms with Crippen molar-refractivity contribution in [3.8, 4) is 0 Å². The lowest BCUT2D eigenvalue weighted by atomic mass is 9.97. The fraction of sp³-hybridized carbons (Fsp3) is 0.619. The van der Waals surface area contributed by atoms with Crippen molar-refractivity contribution < 1.29 is 17.9 Å². The van der Waals surface area contributed by atoms with E-state index in [1.54, 1.807) is 35.6 Å². The Bertz CT molecular complexity index is 828. The van der Waals surface area contributed by atoms with Gasteiger partial charge in [-0.3, -0.25) is 9.79 Å². The van der Waals surface area contributed by atoms with E-state index in [0.717, 1.165) is 51.3 Å². The van der Waals surface area contributed by atoms with Gasteiger partial charge in [0.1, 0.15) is 0 Å². The Hall–Kier alpha value is -2.13. The fourth-order valence-electron chi connectivity index (χ4n) is 4.16. The average Bonchev–Trinajstić information content (AvgIpc) is 2.80. The maximum atomic E-state index is 12.8. The highest BCUT2D eigenvalue weighted by Crippen LogP contribution is 2.24. The van der Waals surface area contributed by atoms with Gasteiger partial charge in [0.05, 0.1) is 17.9 Å². The summed E-state index contributed by atoms with van der Waals surface area (Å²) in [6.07, 6.45) is 3.17. The lowest BCUT2D eigenvalue weighted by Gasteiger charge is -2.35. The number of rotatable bonds is 5. The van der Waals surface area contributed by atoms with Crippen molar-refractivity contribution in [2.24, 2.45) is 16.8 Å². The van der Waals surface area contributed by atoms with Crippen LogP contribution in [-0.2, 0) is 19.6 Å². The molecule has 1 aromatic rings. The number of nitrogens with zero attached hydrogens (tertiary/aromatic N) is 3. The molecule has 2 aliphatic rings. The number of esters is 1. The number of likely N-dealkylation sites (tertiary alicyclic amines) is 1. The van der Waals surface area contributed by atoms with E-state index in [4.69, 9.17) is 4.74 Å². The van der Waals surface area contributed by atoms with Gasteiger partial charge in [-0.05, 0) is 43.7 Å². The monoisotopic (exact) mass is 436 g/mol. The summed E-state index contributed by atoms with van der Waals surface area (Å²) in [7, 11) is -0.206. The zero-order valence-electron chi connectivity index (χ0n) is 17.8. The second-order valence-corrected chi connectivity index (χ2v) is 9.81. The van der Waals surface area contributed by atoms with Crippen molar-refractivity contribution >= 4 is 22.0 Å². The van der Waals surface area contributed by atoms with E-state index in [1.807, 2.05) is 6.07 Å². The summed E-state index contributed by atoms with van der Waals surface area (Å²) in [5.41, 5.74) is 0. The highest BCUT2D eigenvalue weighted by molar-refractivity contribution is 7.89. The van der Waals surface area contributed by atoms with Crippen LogP contribution in [-0.4, -0.2) is 76.4 Å². The summed E-state index contributed by atoms with van der Waals surface area (Å²) in [6.45, 7) is 3.38. The fourth-order valence-corrected chi connectivity index (χ4v) is 5.65. The van der Waals surface area contributed by atoms with E-state index in [-0.39, 0.29) is 11.9 Å². The Morgan fingerprint density at radius 3 is 2.30 bits per heavy atom. The van der Waals surface area contributed by atoms with E-state index >= 15 is 0 Å². The molecule has 2 saturated heterocycles. The van der Waals surface area contributed by atoms with Crippen LogP contribution < -0.4 is 5.32 Å². The Morgan fingerprint density at radius 1 is 1.10 bits per heavy atom. The Kier molecular flexibility index (Phi) is 7.71. The maximum Gasteiger partial charge on any atom is 0.308 e. The maximum absolute atomic E-state index is 12.8. The van der Waals surface area contributed by atoms with Crippen molar-refractivity contribution in [3.63, 3.8) is 0 Å². The molecule has 0 bridgehead atoms. The van der Waals surface area contributed by atoms with Gasteiger partial charge in [0.15, 0.2) is 5.96 Å². The van der Waals surface area contributed by atoms with Crippen molar-refractivity contribution in [2.45, 2.75) is 30.6 Å². The number of hydrogen-bond donors (Lipinski definition) is 1. The first-order valence-electron chi connectivity index (χ1n) is 10.5. The van der Waals surface area contributed by atoms with Crippen molar-refractivity contribution in [1.29, 1.82) is 0 Å². The SMILES string of the molecule is CN=C(NCC1CCN(S(=O)(=O)c2ccccc2)CC1)N1CCC(C(=O)OC)CC1. The number of piperidine rings is 2. The summed E-state index contributed by atoms with van der Waals surface area (Å²) < 4.78 is 32.0. The lowest BCUT2D eigenvalue weighted by molar-refractivity contribution is -0.146. The van der Waals surface area contributed by atoms with Gasteiger partial charge in [0, 0.05) is 39.8 Å². The van der Waals surface area contributed by atoms with Crippen molar-refractivity contribution in [1.82, 2.24) is 14.5 Å². The summed E-state index contributed by atoms with van der Waals surface area (Å²) >= 11 is 0. The van der Waals surface area contributed by atoms with Crippen LogP contribution in [0.5, 0.6) is 0 Å². The number of carbonyl (C=O) groups excluding carboxylic acids is 1. The zero-order valence-corrected chi connectivity index (χ0v) is 18.6. The van der Waals surface area contributed by atoms with Gasteiger partial charge in [-0.25, -0.2) is 8.42 Å². The standard InChI is InChI=1S/C21H32N4O4S/c1-22-21(24-12-10-18(11-13-24)20(26)29-2)23-16-17-8-14-25(15-9-17)30(27,28)19-6-4-3-5-7-19/h3-7,17-18H,8-16H2,1-2H3,(H,22,23). The number of sulfonamides is 1. The van der Waals surface area contributed by atoms with Gasteiger partial charge in [-0.2, -0.15) is 4.31 Å². The molecule has 8 nitrogen and oxygen atoms in total. The molecule has 0 aromatic heterocycles. The Labute approximate surface area is 179 Å². The predicted molar refractivity (Wildman–Crippen MR) is 116 cm³/mol. The molecule has 2 aliphatic heterocycles. The van der Waals surface area contributed by atoms with Crippen LogP contribution in [0.4, 0.5) is 0 Å². The number of hydrogen-bond acceptors (Lipinski definition) is 5. The van der Waals surface area contributed by atoms with Crippen LogP contribution in [0.3, 0.4) is 0 Å². The number of carbonyl (C=O) groups is 1. The topological polar surface area (TPSA) is 91.3 Å². The number of ether oxygens (including phenoxy) is 1. The summed E-state index contributed by atoms with van der Waals surface area (Å²) in [5, 5.41) is 3.44. The summed E-state index contributed by atoms with van der Waals surface area (Å²) in [4.78, 5) is 18.6. The minimum atomic E-state index is -3.41. The lowest BCUT2D eigenvalue weighted by Crippen LogP contribution is -2.48. The average molecular weight is 437 g/mol. The third-order valence-corrected chi connectivity index (χ3v) is 7.96. The minimum absolute atomic E-state index is 0.0275. The summed E-state index contributed by atoms with van der Waals surface area (Å²) in [5.74, 6) is 1.09. The number of methoxy groups -OCH3 is 1. The number of aliphatic imine (C=N–C) groups is 1. The molecule has 0 atom stereocenters. The molecule has 1 aromatic carbocycles. The molecular weight excluding hydrogens is 404 g/mol. The van der Waals surface area contributed by atoms with Crippen LogP contribution in [0.2, 0.25) is 0 Å². The molecule has 0 aliphatic carbocycles. The highest BCUT2D eigenvalue weighted by Gasteiger charge is 2.30. The molecule has 0 radical (unpaired) electrons. The van der Waals surface area contributed by atoms with E-state index in [2.05, 4.69) is 15.2 Å². The van der Waals surface area contributed by atoms with E-state index in [9.17, 15) is 13.2 Å². The van der Waals surface area contributed by atoms with Gasteiger partial charge in [0.25, 0.3) is 0 Å². The van der Waals surface area contributed by atoms with Crippen molar-refractivity contribution in [2.75, 3.05) is 46.9 Å². The van der Waals surface area contributed by atoms with E-state index in [0.29, 0.717) is 23.9 Å². The predicted octanol–water partition coefficient (Wildman–Crippen LogP) is 1.55. The molecule has 0 amide bonds. The summed E-state index contributed by atoms with van der Waals surface area (Å²) in [6, 6.07) is 8.63. The first-order chi connectivity index (χ1) is 14.5. The number of nitrogens with one attached hydrogen (secondary N) is 1. The van der Waals surface area contributed by atoms with Crippen LogP contribution in [0.25, 0.3) is 0 Å². The molecule has 1 N–H and O–H groups in total. The normalized spacial score (nSPS) is 20.2. The molecule has 2 fully saturated rings. The number of benzene rings is 1. The molecular formula is C21H32N4O4S. The second kappa shape index (κ2) is 10.3. The van der Waals surface area contributed by atoms with Crippen LogP contribution in [0.1, 0.15) is 25.7 Å². The van der Waals surface area contributed by atoms with Gasteiger partial charge in [0.2, 0.25) is 10.0 Å². The third-order valence-electron chi connectivity index (χ3n) is 6.04. The van der Waals surface area contributed by atoms with Crippen molar-refractivity contribution in [3.05, 3.63) is 30.3 Å². The largest absolute Gasteiger partial charge is 0.469 e. The molecule has 0 saturated carbocycles. The first kappa shape index (κ1) is 22.6. The highest BCUT2D eigenvalue weighted by atomic mass is 32.2. The Morgan fingerprint density at radius 2 is 1.73 bits per heavy atom. The molecule has 0 spiro atoms. The second-order valence-electron chi connectivity index (χ2n) is 7.87. The zero-order chi connectivity index (χ0) is 21.6. The molecule has 9 heteroatoms. The molecule has 0 unspecified atom stereocenters.